The average Bonchev–Trinajstić information content (AvgIpc) is 2.90. The average molecular weight is 374 g/mol. The number of carbonyl (C=O) groups excluding carboxylic acids is 1. The van der Waals surface area contributed by atoms with E-state index in [2.05, 4.69) is 10.4 Å². The van der Waals surface area contributed by atoms with E-state index in [0.717, 1.165) is 11.4 Å². The van der Waals surface area contributed by atoms with E-state index < -0.39 is 17.9 Å². The monoisotopic (exact) mass is 374 g/mol. The lowest BCUT2D eigenvalue weighted by atomic mass is 10.0. The summed E-state index contributed by atoms with van der Waals surface area (Å²) in [6.45, 7) is 15.3. The van der Waals surface area contributed by atoms with Crippen LogP contribution in [0, 0.1) is 12.8 Å². The van der Waals surface area contributed by atoms with E-state index in [1.54, 1.807) is 19.9 Å². The molecule has 0 aromatic carbocycles. The Morgan fingerprint density at radius 1 is 1.19 bits per heavy atom. The van der Waals surface area contributed by atoms with E-state index in [9.17, 15) is 14.7 Å². The summed E-state index contributed by atoms with van der Waals surface area (Å²) >= 11 is 0. The van der Waals surface area contributed by atoms with Crippen LogP contribution >= 0.6 is 0 Å². The number of hydrogen-bond acceptors (Lipinski definition) is 4. The van der Waals surface area contributed by atoms with Crippen LogP contribution in [-0.2, 0) is 10.3 Å². The van der Waals surface area contributed by atoms with Gasteiger partial charge in [-0.3, -0.25) is 9.59 Å². The maximum atomic E-state index is 13.0. The van der Waals surface area contributed by atoms with Crippen molar-refractivity contribution in [3.63, 3.8) is 0 Å². The molecule has 1 amide bonds. The summed E-state index contributed by atoms with van der Waals surface area (Å²) in [7, 11) is 0. The number of amides is 1. The predicted octanol–water partition coefficient (Wildman–Crippen LogP) is 3.46. The summed E-state index contributed by atoms with van der Waals surface area (Å²) in [6.07, 6.45) is 0. The van der Waals surface area contributed by atoms with E-state index >= 15 is 0 Å². The van der Waals surface area contributed by atoms with Crippen molar-refractivity contribution in [2.75, 3.05) is 0 Å². The third-order valence-corrected chi connectivity index (χ3v) is 4.80. The second-order valence-corrected chi connectivity index (χ2v) is 8.51. The minimum absolute atomic E-state index is 0.139. The SMILES string of the molecule is Cc1nn(C(C)(C)C)c2nc(C(C)C)cc(C(=O)NC(C)C(C)C(=O)O)c12. The van der Waals surface area contributed by atoms with Crippen molar-refractivity contribution >= 4 is 22.9 Å². The standard InChI is InChI=1S/C20H30N4O3/c1-10(2)15-9-14(18(25)21-12(4)11(3)19(26)27)16-13(5)23-24(17(16)22-15)20(6,7)8/h9-12H,1-8H3,(H,21,25)(H,26,27). The van der Waals surface area contributed by atoms with Crippen LogP contribution in [0.4, 0.5) is 0 Å². The van der Waals surface area contributed by atoms with Gasteiger partial charge < -0.3 is 10.4 Å². The molecule has 2 rings (SSSR count). The predicted molar refractivity (Wildman–Crippen MR) is 105 cm³/mol. The van der Waals surface area contributed by atoms with Gasteiger partial charge in [0.1, 0.15) is 0 Å². The number of pyridine rings is 1. The first-order valence-corrected chi connectivity index (χ1v) is 9.29. The molecule has 7 nitrogen and oxygen atoms in total. The van der Waals surface area contributed by atoms with Gasteiger partial charge in [0.25, 0.3) is 5.91 Å². The van der Waals surface area contributed by atoms with E-state index in [1.165, 1.54) is 0 Å². The highest BCUT2D eigenvalue weighted by Gasteiger charge is 2.27. The first kappa shape index (κ1) is 20.9. The third-order valence-electron chi connectivity index (χ3n) is 4.80. The molecular weight excluding hydrogens is 344 g/mol. The molecule has 0 saturated heterocycles. The Morgan fingerprint density at radius 2 is 1.78 bits per heavy atom. The van der Waals surface area contributed by atoms with Crippen LogP contribution in [0.2, 0.25) is 0 Å². The zero-order valence-corrected chi connectivity index (χ0v) is 17.4. The van der Waals surface area contributed by atoms with Gasteiger partial charge in [0.2, 0.25) is 0 Å². The van der Waals surface area contributed by atoms with Crippen LogP contribution < -0.4 is 5.32 Å². The van der Waals surface area contributed by atoms with Crippen LogP contribution in [0.5, 0.6) is 0 Å². The lowest BCUT2D eigenvalue weighted by molar-refractivity contribution is -0.141. The Labute approximate surface area is 160 Å². The van der Waals surface area contributed by atoms with Crippen LogP contribution in [-0.4, -0.2) is 37.8 Å². The van der Waals surface area contributed by atoms with Crippen LogP contribution in [0.1, 0.15) is 76.1 Å². The van der Waals surface area contributed by atoms with E-state index in [0.29, 0.717) is 16.6 Å². The minimum Gasteiger partial charge on any atom is -0.481 e. The van der Waals surface area contributed by atoms with Gasteiger partial charge in [0, 0.05) is 11.7 Å². The van der Waals surface area contributed by atoms with Gasteiger partial charge in [-0.1, -0.05) is 13.8 Å². The lowest BCUT2D eigenvalue weighted by Gasteiger charge is -2.21. The molecule has 0 fully saturated rings. The molecule has 0 aliphatic rings. The molecule has 2 aromatic rings. The topological polar surface area (TPSA) is 97.1 Å². The van der Waals surface area contributed by atoms with Crippen LogP contribution in [0.15, 0.2) is 6.07 Å². The first-order valence-electron chi connectivity index (χ1n) is 9.29. The zero-order valence-electron chi connectivity index (χ0n) is 17.4. The van der Waals surface area contributed by atoms with Gasteiger partial charge in [-0.05, 0) is 53.5 Å². The van der Waals surface area contributed by atoms with Crippen molar-refractivity contribution in [1.29, 1.82) is 0 Å². The Kier molecular flexibility index (Phi) is 5.63. The molecule has 27 heavy (non-hydrogen) atoms. The molecule has 2 aromatic heterocycles. The molecule has 2 atom stereocenters. The fourth-order valence-electron chi connectivity index (χ4n) is 2.87. The molecule has 0 saturated carbocycles. The number of hydrogen-bond donors (Lipinski definition) is 2. The number of nitrogens with zero attached hydrogens (tertiary/aromatic N) is 3. The number of carbonyl (C=O) groups is 2. The number of carboxylic acids is 1. The Morgan fingerprint density at radius 3 is 2.26 bits per heavy atom. The van der Waals surface area contributed by atoms with Crippen molar-refractivity contribution < 1.29 is 14.7 Å². The van der Waals surface area contributed by atoms with Gasteiger partial charge in [-0.25, -0.2) is 9.67 Å². The summed E-state index contributed by atoms with van der Waals surface area (Å²) in [5.74, 6) is -1.79. The van der Waals surface area contributed by atoms with Gasteiger partial charge in [-0.2, -0.15) is 5.10 Å². The third kappa shape index (κ3) is 4.12. The highest BCUT2D eigenvalue weighted by atomic mass is 16.4. The molecule has 0 spiro atoms. The maximum absolute atomic E-state index is 13.0. The summed E-state index contributed by atoms with van der Waals surface area (Å²) < 4.78 is 1.85. The molecule has 0 bridgehead atoms. The fourth-order valence-corrected chi connectivity index (χ4v) is 2.87. The number of rotatable bonds is 5. The Bertz CT molecular complexity index is 877. The van der Waals surface area contributed by atoms with Gasteiger partial charge in [0.05, 0.1) is 28.1 Å². The van der Waals surface area contributed by atoms with Crippen molar-refractivity contribution in [3.8, 4) is 0 Å². The van der Waals surface area contributed by atoms with E-state index in [4.69, 9.17) is 4.98 Å². The lowest BCUT2D eigenvalue weighted by Crippen LogP contribution is -2.40. The number of fused-ring (bicyclic) bond motifs is 1. The van der Waals surface area contributed by atoms with Crippen molar-refractivity contribution in [2.24, 2.45) is 5.92 Å². The minimum atomic E-state index is -0.942. The van der Waals surface area contributed by atoms with Crippen molar-refractivity contribution in [3.05, 3.63) is 23.0 Å². The number of aryl methyl sites for hydroxylation is 1. The quantitative estimate of drug-likeness (QED) is 0.835. The maximum Gasteiger partial charge on any atom is 0.308 e. The number of nitrogens with one attached hydrogen (secondary N) is 1. The molecule has 2 heterocycles. The molecule has 0 radical (unpaired) electrons. The molecule has 0 aliphatic heterocycles. The Balaban J connectivity index is 2.63. The van der Waals surface area contributed by atoms with Crippen molar-refractivity contribution in [1.82, 2.24) is 20.1 Å². The summed E-state index contributed by atoms with van der Waals surface area (Å²) in [5, 5.41) is 17.4. The van der Waals surface area contributed by atoms with Gasteiger partial charge >= 0.3 is 5.97 Å². The van der Waals surface area contributed by atoms with Crippen molar-refractivity contribution in [2.45, 2.75) is 72.9 Å². The second-order valence-electron chi connectivity index (χ2n) is 8.51. The number of aromatic nitrogens is 3. The molecule has 7 heteroatoms. The highest BCUT2D eigenvalue weighted by Crippen LogP contribution is 2.29. The molecular formula is C20H30N4O3. The number of carboxylic acid groups (broad SMARTS) is 1. The zero-order chi connectivity index (χ0) is 20.7. The molecule has 0 aliphatic carbocycles. The van der Waals surface area contributed by atoms with Gasteiger partial charge in [-0.15, -0.1) is 0 Å². The summed E-state index contributed by atoms with van der Waals surface area (Å²) in [6, 6.07) is 1.29. The van der Waals surface area contributed by atoms with Crippen LogP contribution in [0.3, 0.4) is 0 Å². The first-order chi connectivity index (χ1) is 12.3. The van der Waals surface area contributed by atoms with Gasteiger partial charge in [0.15, 0.2) is 5.65 Å². The van der Waals surface area contributed by atoms with E-state index in [-0.39, 0.29) is 17.4 Å². The molecule has 2 unspecified atom stereocenters. The largest absolute Gasteiger partial charge is 0.481 e. The smallest absolute Gasteiger partial charge is 0.308 e. The normalized spacial score (nSPS) is 14.4. The Hall–Kier alpha value is -2.44. The molecule has 148 valence electrons. The van der Waals surface area contributed by atoms with Crippen LogP contribution in [0.25, 0.3) is 11.0 Å². The summed E-state index contributed by atoms with van der Waals surface area (Å²) in [4.78, 5) is 29.0. The second kappa shape index (κ2) is 7.29. The highest BCUT2D eigenvalue weighted by molar-refractivity contribution is 6.06. The fraction of sp³-hybridized carbons (Fsp3) is 0.600. The molecule has 2 N–H and O–H groups in total. The van der Waals surface area contributed by atoms with E-state index in [1.807, 2.05) is 46.2 Å². The summed E-state index contributed by atoms with van der Waals surface area (Å²) in [5.41, 5.74) is 2.41. The number of aliphatic carboxylic acids is 1.